The van der Waals surface area contributed by atoms with E-state index in [1.54, 1.807) is 19.2 Å². The highest BCUT2D eigenvalue weighted by atomic mass is 35.5. The summed E-state index contributed by atoms with van der Waals surface area (Å²) in [4.78, 5) is 6.47. The zero-order valence-corrected chi connectivity index (χ0v) is 17.6. The molecular weight excluding hydrogens is 404 g/mol. The van der Waals surface area contributed by atoms with Crippen molar-refractivity contribution in [2.75, 3.05) is 12.0 Å². The van der Waals surface area contributed by atoms with Crippen molar-refractivity contribution in [3.05, 3.63) is 94.5 Å². The van der Waals surface area contributed by atoms with Crippen LogP contribution in [0.25, 0.3) is 0 Å². The Kier molecular flexibility index (Phi) is 5.51. The zero-order chi connectivity index (χ0) is 20.4. The smallest absolute Gasteiger partial charge is 0.225 e. The zero-order valence-electron chi connectivity index (χ0n) is 16.0. The van der Waals surface area contributed by atoms with E-state index in [9.17, 15) is 0 Å². The van der Waals surface area contributed by atoms with Gasteiger partial charge in [0.05, 0.1) is 7.11 Å². The lowest BCUT2D eigenvalue weighted by atomic mass is 10.1. The van der Waals surface area contributed by atoms with Crippen LogP contribution < -0.4 is 9.64 Å². The Balaban J connectivity index is 1.77. The van der Waals surface area contributed by atoms with Crippen molar-refractivity contribution < 1.29 is 9.47 Å². The molecule has 4 nitrogen and oxygen atoms in total. The Hall–Kier alpha value is -2.89. The molecule has 29 heavy (non-hydrogen) atoms. The van der Waals surface area contributed by atoms with Gasteiger partial charge in [-0.2, -0.15) is 4.99 Å². The maximum atomic E-state index is 6.34. The number of thiocarbonyl (C=S) groups is 1. The van der Waals surface area contributed by atoms with Gasteiger partial charge in [-0.1, -0.05) is 29.3 Å². The summed E-state index contributed by atoms with van der Waals surface area (Å²) >= 11 is 11.7. The van der Waals surface area contributed by atoms with E-state index in [1.807, 2.05) is 72.5 Å². The maximum Gasteiger partial charge on any atom is 0.225 e. The van der Waals surface area contributed by atoms with Crippen LogP contribution in [0.1, 0.15) is 22.9 Å². The average molecular weight is 423 g/mol. The van der Waals surface area contributed by atoms with Gasteiger partial charge in [0.1, 0.15) is 5.75 Å². The van der Waals surface area contributed by atoms with Gasteiger partial charge >= 0.3 is 0 Å². The van der Waals surface area contributed by atoms with Crippen molar-refractivity contribution in [2.24, 2.45) is 4.99 Å². The molecule has 0 aromatic heterocycles. The van der Waals surface area contributed by atoms with Gasteiger partial charge in [0, 0.05) is 21.8 Å². The molecule has 4 rings (SSSR count). The molecule has 146 valence electrons. The summed E-state index contributed by atoms with van der Waals surface area (Å²) in [6.45, 7) is 2.05. The van der Waals surface area contributed by atoms with Crippen molar-refractivity contribution in [1.82, 2.24) is 0 Å². The first-order valence-corrected chi connectivity index (χ1v) is 9.89. The second-order valence-electron chi connectivity index (χ2n) is 6.66. The van der Waals surface area contributed by atoms with Crippen molar-refractivity contribution in [3.8, 4) is 5.75 Å². The molecule has 0 N–H and O–H groups in total. The number of rotatable bonds is 4. The van der Waals surface area contributed by atoms with Crippen molar-refractivity contribution in [2.45, 2.75) is 13.2 Å². The summed E-state index contributed by atoms with van der Waals surface area (Å²) in [5, 5.41) is 1.09. The molecule has 0 saturated carbocycles. The SMILES string of the molecule is COc1ccc(C2OC(c3ccc(Cl)cc3)=NC(=S)N2c2ccc(C)cc2)cc1. The number of aryl methyl sites for hydroxylation is 1. The van der Waals surface area contributed by atoms with Gasteiger partial charge in [-0.25, -0.2) is 0 Å². The highest BCUT2D eigenvalue weighted by molar-refractivity contribution is 7.80. The first-order valence-electron chi connectivity index (χ1n) is 9.10. The summed E-state index contributed by atoms with van der Waals surface area (Å²) in [7, 11) is 1.64. The number of hydrogen-bond acceptors (Lipinski definition) is 3. The minimum atomic E-state index is -0.459. The Labute approximate surface area is 180 Å². The second-order valence-corrected chi connectivity index (χ2v) is 7.46. The lowest BCUT2D eigenvalue weighted by Crippen LogP contribution is -2.40. The molecule has 0 radical (unpaired) electrons. The number of benzene rings is 3. The van der Waals surface area contributed by atoms with Crippen LogP contribution in [0.2, 0.25) is 5.02 Å². The molecule has 0 bridgehead atoms. The van der Waals surface area contributed by atoms with Gasteiger partial charge < -0.3 is 9.47 Å². The third-order valence-corrected chi connectivity index (χ3v) is 5.21. The van der Waals surface area contributed by atoms with Crippen LogP contribution in [0.5, 0.6) is 5.75 Å². The summed E-state index contributed by atoms with van der Waals surface area (Å²) in [6.07, 6.45) is -0.459. The summed E-state index contributed by atoms with van der Waals surface area (Å²) in [5.41, 5.74) is 3.85. The molecule has 1 aliphatic rings. The quantitative estimate of drug-likeness (QED) is 0.488. The van der Waals surface area contributed by atoms with Crippen LogP contribution in [0.3, 0.4) is 0 Å². The highest BCUT2D eigenvalue weighted by Gasteiger charge is 2.32. The van der Waals surface area contributed by atoms with Crippen LogP contribution in [0.4, 0.5) is 5.69 Å². The molecule has 1 unspecified atom stereocenters. The summed E-state index contributed by atoms with van der Waals surface area (Å²) in [5.74, 6) is 1.25. The van der Waals surface area contributed by atoms with Gasteiger partial charge in [-0.15, -0.1) is 0 Å². The Bertz CT molecular complexity index is 1050. The molecule has 0 spiro atoms. The van der Waals surface area contributed by atoms with Crippen LogP contribution in [0, 0.1) is 6.92 Å². The van der Waals surface area contributed by atoms with E-state index in [4.69, 9.17) is 33.3 Å². The third-order valence-electron chi connectivity index (χ3n) is 4.67. The molecule has 0 fully saturated rings. The van der Waals surface area contributed by atoms with Gasteiger partial charge in [0.25, 0.3) is 0 Å². The summed E-state index contributed by atoms with van der Waals surface area (Å²) in [6, 6.07) is 23.2. The molecular formula is C23H19ClN2O2S. The van der Waals surface area contributed by atoms with E-state index < -0.39 is 6.23 Å². The van der Waals surface area contributed by atoms with E-state index in [-0.39, 0.29) is 0 Å². The van der Waals surface area contributed by atoms with Crippen LogP contribution >= 0.6 is 23.8 Å². The minimum Gasteiger partial charge on any atom is -0.497 e. The number of hydrogen-bond donors (Lipinski definition) is 0. The monoisotopic (exact) mass is 422 g/mol. The van der Waals surface area contributed by atoms with Crippen molar-refractivity contribution in [1.29, 1.82) is 0 Å². The standard InChI is InChI=1S/C23H19ClN2O2S/c1-15-3-11-19(12-4-15)26-22(17-7-13-20(27-2)14-8-17)28-21(25-23(26)29)16-5-9-18(24)10-6-16/h3-14,22H,1-2H3. The molecule has 0 amide bonds. The van der Waals surface area contributed by atoms with Crippen LogP contribution in [0.15, 0.2) is 77.8 Å². The van der Waals surface area contributed by atoms with Gasteiger partial charge in [-0.05, 0) is 79.8 Å². The molecule has 3 aromatic carbocycles. The predicted molar refractivity (Wildman–Crippen MR) is 121 cm³/mol. The molecule has 6 heteroatoms. The topological polar surface area (TPSA) is 34.1 Å². The van der Waals surface area contributed by atoms with Gasteiger partial charge in [-0.3, -0.25) is 4.90 Å². The number of anilines is 1. The fourth-order valence-corrected chi connectivity index (χ4v) is 3.50. The van der Waals surface area contributed by atoms with E-state index in [0.717, 1.165) is 22.6 Å². The van der Waals surface area contributed by atoms with Crippen molar-refractivity contribution >= 4 is 40.5 Å². The van der Waals surface area contributed by atoms with Crippen LogP contribution in [-0.4, -0.2) is 18.1 Å². The molecule has 3 aromatic rings. The number of methoxy groups -OCH3 is 1. The molecule has 1 heterocycles. The van der Waals surface area contributed by atoms with Gasteiger partial charge in [0.2, 0.25) is 17.2 Å². The minimum absolute atomic E-state index is 0.436. The molecule has 0 aliphatic carbocycles. The van der Waals surface area contributed by atoms with E-state index in [2.05, 4.69) is 4.99 Å². The molecule has 0 saturated heterocycles. The van der Waals surface area contributed by atoms with Crippen LogP contribution in [-0.2, 0) is 4.74 Å². The lowest BCUT2D eigenvalue weighted by molar-refractivity contribution is 0.196. The van der Waals surface area contributed by atoms with E-state index in [1.165, 1.54) is 5.56 Å². The predicted octanol–water partition coefficient (Wildman–Crippen LogP) is 5.92. The average Bonchev–Trinajstić information content (AvgIpc) is 2.75. The molecule has 1 aliphatic heterocycles. The lowest BCUT2D eigenvalue weighted by Gasteiger charge is -2.36. The normalized spacial score (nSPS) is 16.2. The maximum absolute atomic E-state index is 6.34. The third kappa shape index (κ3) is 4.11. The van der Waals surface area contributed by atoms with E-state index >= 15 is 0 Å². The summed E-state index contributed by atoms with van der Waals surface area (Å²) < 4.78 is 11.6. The Morgan fingerprint density at radius 2 is 1.62 bits per heavy atom. The number of ether oxygens (including phenoxy) is 2. The largest absolute Gasteiger partial charge is 0.497 e. The van der Waals surface area contributed by atoms with Gasteiger partial charge in [0.15, 0.2) is 0 Å². The fraction of sp³-hybridized carbons (Fsp3) is 0.130. The van der Waals surface area contributed by atoms with E-state index in [0.29, 0.717) is 16.0 Å². The number of halogens is 1. The highest BCUT2D eigenvalue weighted by Crippen LogP contribution is 2.34. The Morgan fingerprint density at radius 1 is 0.966 bits per heavy atom. The van der Waals surface area contributed by atoms with Crippen molar-refractivity contribution in [3.63, 3.8) is 0 Å². The number of aliphatic imine (C=N–C) groups is 1. The number of nitrogens with zero attached hydrogens (tertiary/aromatic N) is 2. The second kappa shape index (κ2) is 8.23. The first kappa shape index (κ1) is 19.4. The first-order chi connectivity index (χ1) is 14.0. The Morgan fingerprint density at radius 3 is 2.24 bits per heavy atom. The fourth-order valence-electron chi connectivity index (χ4n) is 3.09. The molecule has 1 atom stereocenters.